The van der Waals surface area contributed by atoms with Crippen molar-refractivity contribution in [2.45, 2.75) is 6.61 Å². The van der Waals surface area contributed by atoms with Gasteiger partial charge in [-0.05, 0) is 35.9 Å². The third-order valence-electron chi connectivity index (χ3n) is 4.09. The van der Waals surface area contributed by atoms with Crippen LogP contribution in [0.3, 0.4) is 0 Å². The van der Waals surface area contributed by atoms with Gasteiger partial charge < -0.3 is 13.9 Å². The average Bonchev–Trinajstić information content (AvgIpc) is 3.24. The highest BCUT2D eigenvalue weighted by Crippen LogP contribution is 2.33. The molecular formula is C22H18N2O3. The normalized spacial score (nSPS) is 10.6. The summed E-state index contributed by atoms with van der Waals surface area (Å²) in [7, 11) is 1.61. The fraction of sp³-hybridized carbons (Fsp3) is 0.0909. The lowest BCUT2D eigenvalue weighted by Crippen LogP contribution is -1.97. The van der Waals surface area contributed by atoms with Crippen LogP contribution in [0.2, 0.25) is 0 Å². The van der Waals surface area contributed by atoms with Gasteiger partial charge in [0.15, 0.2) is 11.5 Å². The minimum Gasteiger partial charge on any atom is -0.493 e. The summed E-state index contributed by atoms with van der Waals surface area (Å²) < 4.78 is 17.2. The van der Waals surface area contributed by atoms with Crippen molar-refractivity contribution in [3.05, 3.63) is 84.4 Å². The van der Waals surface area contributed by atoms with Crippen molar-refractivity contribution in [2.75, 3.05) is 7.11 Å². The number of ether oxygens (including phenoxy) is 2. The van der Waals surface area contributed by atoms with Gasteiger partial charge in [0.2, 0.25) is 11.8 Å². The van der Waals surface area contributed by atoms with Crippen LogP contribution in [-0.4, -0.2) is 17.3 Å². The molecule has 0 amide bonds. The first-order valence-corrected chi connectivity index (χ1v) is 8.57. The molecule has 0 bridgehead atoms. The molecule has 0 fully saturated rings. The number of hydrogen-bond acceptors (Lipinski definition) is 5. The molecule has 0 saturated carbocycles. The summed E-state index contributed by atoms with van der Waals surface area (Å²) in [6, 6.07) is 25.2. The van der Waals surface area contributed by atoms with Crippen LogP contribution in [0.25, 0.3) is 22.9 Å². The van der Waals surface area contributed by atoms with E-state index >= 15 is 0 Å². The molecule has 1 aromatic heterocycles. The van der Waals surface area contributed by atoms with Crippen LogP contribution < -0.4 is 9.47 Å². The largest absolute Gasteiger partial charge is 0.493 e. The second-order valence-corrected chi connectivity index (χ2v) is 5.92. The molecule has 0 N–H and O–H groups in total. The molecule has 134 valence electrons. The van der Waals surface area contributed by atoms with Gasteiger partial charge in [0.05, 0.1) is 7.11 Å². The zero-order valence-corrected chi connectivity index (χ0v) is 14.8. The number of rotatable bonds is 6. The molecule has 5 nitrogen and oxygen atoms in total. The maximum absolute atomic E-state index is 5.89. The first-order valence-electron chi connectivity index (χ1n) is 8.57. The molecule has 5 heteroatoms. The minimum absolute atomic E-state index is 0.432. The van der Waals surface area contributed by atoms with E-state index in [0.717, 1.165) is 16.7 Å². The van der Waals surface area contributed by atoms with E-state index < -0.39 is 0 Å². The number of nitrogens with zero attached hydrogens (tertiary/aromatic N) is 2. The predicted molar refractivity (Wildman–Crippen MR) is 102 cm³/mol. The van der Waals surface area contributed by atoms with Crippen LogP contribution in [0, 0.1) is 0 Å². The molecule has 3 aromatic carbocycles. The Morgan fingerprint density at radius 1 is 0.741 bits per heavy atom. The molecule has 0 atom stereocenters. The number of aromatic nitrogens is 2. The van der Waals surface area contributed by atoms with Crippen molar-refractivity contribution in [1.29, 1.82) is 0 Å². The van der Waals surface area contributed by atoms with Crippen LogP contribution in [0.1, 0.15) is 5.56 Å². The van der Waals surface area contributed by atoms with Crippen molar-refractivity contribution < 1.29 is 13.9 Å². The van der Waals surface area contributed by atoms with E-state index in [1.165, 1.54) is 0 Å². The number of methoxy groups -OCH3 is 1. The maximum Gasteiger partial charge on any atom is 0.248 e. The lowest BCUT2D eigenvalue weighted by atomic mass is 10.2. The first kappa shape index (κ1) is 16.8. The van der Waals surface area contributed by atoms with Crippen molar-refractivity contribution in [3.8, 4) is 34.4 Å². The summed E-state index contributed by atoms with van der Waals surface area (Å²) in [6.07, 6.45) is 0. The highest BCUT2D eigenvalue weighted by Gasteiger charge is 2.13. The average molecular weight is 358 g/mol. The third kappa shape index (κ3) is 3.82. The Morgan fingerprint density at radius 3 is 2.11 bits per heavy atom. The summed E-state index contributed by atoms with van der Waals surface area (Å²) in [5.74, 6) is 2.19. The van der Waals surface area contributed by atoms with Crippen molar-refractivity contribution in [3.63, 3.8) is 0 Å². The molecule has 27 heavy (non-hydrogen) atoms. The molecule has 1 heterocycles. The van der Waals surface area contributed by atoms with Gasteiger partial charge in [0, 0.05) is 11.1 Å². The standard InChI is InChI=1S/C22H18N2O3/c1-25-20-14-18(12-13-19(20)26-15-16-8-4-2-5-9-16)22-24-23-21(27-22)17-10-6-3-7-11-17/h2-14H,15H2,1H3. The van der Waals surface area contributed by atoms with Crippen LogP contribution in [0.5, 0.6) is 11.5 Å². The van der Waals surface area contributed by atoms with E-state index in [-0.39, 0.29) is 0 Å². The zero-order chi connectivity index (χ0) is 18.5. The predicted octanol–water partition coefficient (Wildman–Crippen LogP) is 4.99. The van der Waals surface area contributed by atoms with E-state index in [4.69, 9.17) is 13.9 Å². The van der Waals surface area contributed by atoms with Gasteiger partial charge in [0.25, 0.3) is 0 Å². The van der Waals surface area contributed by atoms with Crippen LogP contribution >= 0.6 is 0 Å². The summed E-state index contributed by atoms with van der Waals surface area (Å²) in [6.45, 7) is 0.468. The van der Waals surface area contributed by atoms with Crippen LogP contribution in [0.4, 0.5) is 0 Å². The van der Waals surface area contributed by atoms with Crippen molar-refractivity contribution in [2.24, 2.45) is 0 Å². The number of hydrogen-bond donors (Lipinski definition) is 0. The Labute approximate surface area is 157 Å². The molecule has 0 aliphatic heterocycles. The maximum atomic E-state index is 5.89. The summed E-state index contributed by atoms with van der Waals surface area (Å²) in [4.78, 5) is 0. The van der Waals surface area contributed by atoms with Gasteiger partial charge >= 0.3 is 0 Å². The molecular weight excluding hydrogens is 340 g/mol. The summed E-state index contributed by atoms with van der Waals surface area (Å²) in [5.41, 5.74) is 2.74. The zero-order valence-electron chi connectivity index (χ0n) is 14.8. The molecule has 0 saturated heterocycles. The van der Waals surface area contributed by atoms with Crippen LogP contribution in [0.15, 0.2) is 83.3 Å². The molecule has 4 aromatic rings. The smallest absolute Gasteiger partial charge is 0.248 e. The van der Waals surface area contributed by atoms with Gasteiger partial charge in [0.1, 0.15) is 6.61 Å². The van der Waals surface area contributed by atoms with Crippen LogP contribution in [-0.2, 0) is 6.61 Å². The molecule has 0 spiro atoms. The lowest BCUT2D eigenvalue weighted by Gasteiger charge is -2.11. The second-order valence-electron chi connectivity index (χ2n) is 5.92. The first-order chi connectivity index (χ1) is 13.3. The fourth-order valence-corrected chi connectivity index (χ4v) is 2.69. The van der Waals surface area contributed by atoms with Gasteiger partial charge in [-0.15, -0.1) is 10.2 Å². The molecule has 4 rings (SSSR count). The van der Waals surface area contributed by atoms with Crippen molar-refractivity contribution in [1.82, 2.24) is 10.2 Å². The van der Waals surface area contributed by atoms with E-state index in [1.807, 2.05) is 78.9 Å². The molecule has 0 aliphatic rings. The highest BCUT2D eigenvalue weighted by molar-refractivity contribution is 5.61. The highest BCUT2D eigenvalue weighted by atomic mass is 16.5. The van der Waals surface area contributed by atoms with Gasteiger partial charge in [-0.3, -0.25) is 0 Å². The topological polar surface area (TPSA) is 57.4 Å². The van der Waals surface area contributed by atoms with E-state index in [0.29, 0.717) is 29.9 Å². The van der Waals surface area contributed by atoms with E-state index in [2.05, 4.69) is 10.2 Å². The molecule has 0 radical (unpaired) electrons. The third-order valence-corrected chi connectivity index (χ3v) is 4.09. The second kappa shape index (κ2) is 7.74. The molecule has 0 aliphatic carbocycles. The quantitative estimate of drug-likeness (QED) is 0.486. The molecule has 0 unspecified atom stereocenters. The Hall–Kier alpha value is -3.60. The minimum atomic E-state index is 0.432. The summed E-state index contributed by atoms with van der Waals surface area (Å²) in [5, 5.41) is 8.28. The summed E-state index contributed by atoms with van der Waals surface area (Å²) >= 11 is 0. The van der Waals surface area contributed by atoms with Gasteiger partial charge in [-0.1, -0.05) is 48.5 Å². The Kier molecular flexibility index (Phi) is 4.83. The van der Waals surface area contributed by atoms with Crippen molar-refractivity contribution >= 4 is 0 Å². The van der Waals surface area contributed by atoms with Gasteiger partial charge in [-0.25, -0.2) is 0 Å². The Morgan fingerprint density at radius 2 is 1.41 bits per heavy atom. The fourth-order valence-electron chi connectivity index (χ4n) is 2.69. The number of benzene rings is 3. The SMILES string of the molecule is COc1cc(-c2nnc(-c3ccccc3)o2)ccc1OCc1ccccc1. The Bertz CT molecular complexity index is 1010. The Balaban J connectivity index is 1.55. The lowest BCUT2D eigenvalue weighted by molar-refractivity contribution is 0.284. The monoisotopic (exact) mass is 358 g/mol. The van der Waals surface area contributed by atoms with E-state index in [1.54, 1.807) is 7.11 Å². The van der Waals surface area contributed by atoms with E-state index in [9.17, 15) is 0 Å². The van der Waals surface area contributed by atoms with Gasteiger partial charge in [-0.2, -0.15) is 0 Å².